The maximum Gasteiger partial charge on any atom is 0.338 e. The molecule has 210 valence electrons. The highest BCUT2D eigenvalue weighted by Gasteiger charge is 2.59. The molecule has 4 aliphatic carbocycles. The minimum absolute atomic E-state index is 0.00437. The Morgan fingerprint density at radius 3 is 2.47 bits per heavy atom. The third-order valence-corrected chi connectivity index (χ3v) is 12.2. The number of fused-ring (bicyclic) bond motifs is 5. The lowest BCUT2D eigenvalue weighted by atomic mass is 9.47. The van der Waals surface area contributed by atoms with Gasteiger partial charge in [0.25, 0.3) is 0 Å². The largest absolute Gasteiger partial charge is 0.458 e. The minimum Gasteiger partial charge on any atom is -0.458 e. The summed E-state index contributed by atoms with van der Waals surface area (Å²) in [5, 5.41) is 0. The summed E-state index contributed by atoms with van der Waals surface area (Å²) in [4.78, 5) is 12.8. The van der Waals surface area contributed by atoms with Crippen molar-refractivity contribution in [3.05, 3.63) is 41.5 Å². The maximum absolute atomic E-state index is 12.8. The van der Waals surface area contributed by atoms with E-state index in [0.717, 1.165) is 60.5 Å². The highest BCUT2D eigenvalue weighted by Crippen LogP contribution is 2.67. The molecule has 3 saturated carbocycles. The van der Waals surface area contributed by atoms with Gasteiger partial charge in [-0.25, -0.2) is 4.79 Å². The van der Waals surface area contributed by atoms with Crippen LogP contribution < -0.4 is 3.07 Å². The van der Waals surface area contributed by atoms with Crippen LogP contribution in [0.5, 0.6) is 5.75 Å². The van der Waals surface area contributed by atoms with E-state index in [-0.39, 0.29) is 17.5 Å². The molecular weight excluding hydrogens is 583 g/mol. The van der Waals surface area contributed by atoms with Crippen LogP contribution in [0.1, 0.15) is 116 Å². The van der Waals surface area contributed by atoms with E-state index in [2.05, 4.69) is 40.7 Å². The number of hydrogen-bond donors (Lipinski definition) is 0. The summed E-state index contributed by atoms with van der Waals surface area (Å²) < 4.78 is 11.2. The van der Waals surface area contributed by atoms with Gasteiger partial charge in [0.1, 0.15) is 11.9 Å². The Balaban J connectivity index is 1.24. The van der Waals surface area contributed by atoms with Gasteiger partial charge in [-0.3, -0.25) is 0 Å². The normalized spacial score (nSPS) is 37.0. The second-order valence-electron chi connectivity index (χ2n) is 14.2. The predicted molar refractivity (Wildman–Crippen MR) is 163 cm³/mol. The second-order valence-corrected chi connectivity index (χ2v) is 14.6. The van der Waals surface area contributed by atoms with E-state index < -0.39 is 0 Å². The number of ether oxygens (including phenoxy) is 1. The molecule has 3 fully saturated rings. The van der Waals surface area contributed by atoms with Gasteiger partial charge in [0.15, 0.2) is 23.0 Å². The van der Waals surface area contributed by atoms with Crippen LogP contribution in [0.2, 0.25) is 0 Å². The first kappa shape index (κ1) is 28.5. The van der Waals surface area contributed by atoms with Crippen LogP contribution in [0.25, 0.3) is 0 Å². The first-order valence-corrected chi connectivity index (χ1v) is 16.3. The quantitative estimate of drug-likeness (QED) is 0.163. The standard InChI is InChI=1S/C34H49IO3/c1-22(2)7-6-8-23(3)29-15-16-30-28-14-11-25-21-27(37-32(36)24-9-12-26(38-35)13-10-24)17-19-33(25,4)31(28)18-20-34(29,30)5/h9-13,22-23,27-31H,6-8,14-21H2,1-5H3/t23?,27?,28?,29?,30?,31?,33-,34+/m0/s1. The number of carbonyl (C=O) groups is 1. The smallest absolute Gasteiger partial charge is 0.338 e. The second kappa shape index (κ2) is 11.4. The van der Waals surface area contributed by atoms with Crippen molar-refractivity contribution in [1.29, 1.82) is 0 Å². The van der Waals surface area contributed by atoms with Crippen molar-refractivity contribution in [2.45, 2.75) is 111 Å². The first-order valence-electron chi connectivity index (χ1n) is 15.4. The Morgan fingerprint density at radius 1 is 1.00 bits per heavy atom. The first-order chi connectivity index (χ1) is 18.2. The average Bonchev–Trinajstić information content (AvgIpc) is 3.26. The number of hydrogen-bond acceptors (Lipinski definition) is 3. The number of carbonyl (C=O) groups excluding carboxylic acids is 1. The molecule has 0 aliphatic heterocycles. The number of esters is 1. The van der Waals surface area contributed by atoms with Crippen molar-refractivity contribution < 1.29 is 12.6 Å². The third kappa shape index (κ3) is 5.33. The van der Waals surface area contributed by atoms with E-state index >= 15 is 0 Å². The SMILES string of the molecule is CC(C)CCCC(C)C1CCC2C3CC=C4CC(OC(=O)c5ccc(OI)cc5)CC[C@]4(C)C3CC[C@]12C. The van der Waals surface area contributed by atoms with E-state index in [1.54, 1.807) is 17.7 Å². The van der Waals surface area contributed by atoms with Gasteiger partial charge in [-0.1, -0.05) is 65.5 Å². The summed E-state index contributed by atoms with van der Waals surface area (Å²) in [6.07, 6.45) is 16.8. The number of halogens is 1. The van der Waals surface area contributed by atoms with Gasteiger partial charge in [-0.2, -0.15) is 0 Å². The van der Waals surface area contributed by atoms with Gasteiger partial charge >= 0.3 is 5.97 Å². The zero-order valence-corrected chi connectivity index (χ0v) is 26.5. The fourth-order valence-electron chi connectivity index (χ4n) is 9.61. The topological polar surface area (TPSA) is 35.5 Å². The van der Waals surface area contributed by atoms with Crippen LogP contribution in [0.15, 0.2) is 35.9 Å². The minimum atomic E-state index is -0.208. The number of benzene rings is 1. The van der Waals surface area contributed by atoms with E-state index in [9.17, 15) is 4.79 Å². The molecule has 38 heavy (non-hydrogen) atoms. The molecular formula is C34H49IO3. The molecule has 0 N–H and O–H groups in total. The summed E-state index contributed by atoms with van der Waals surface area (Å²) in [7, 11) is 0. The number of allylic oxidation sites excluding steroid dienone is 1. The van der Waals surface area contributed by atoms with Crippen molar-refractivity contribution in [3.8, 4) is 5.75 Å². The molecule has 4 aliphatic rings. The highest BCUT2D eigenvalue weighted by molar-refractivity contribution is 14.1. The lowest BCUT2D eigenvalue weighted by Gasteiger charge is -2.58. The zero-order chi connectivity index (χ0) is 27.1. The van der Waals surface area contributed by atoms with Crippen molar-refractivity contribution in [2.75, 3.05) is 0 Å². The van der Waals surface area contributed by atoms with Gasteiger partial charge in [-0.05, 0) is 116 Å². The third-order valence-electron chi connectivity index (χ3n) is 11.7. The van der Waals surface area contributed by atoms with Gasteiger partial charge in [0, 0.05) is 6.42 Å². The lowest BCUT2D eigenvalue weighted by Crippen LogP contribution is -2.51. The summed E-state index contributed by atoms with van der Waals surface area (Å²) in [6.45, 7) is 12.5. The fraction of sp³-hybridized carbons (Fsp3) is 0.735. The van der Waals surface area contributed by atoms with Crippen LogP contribution in [-0.4, -0.2) is 12.1 Å². The molecule has 8 atom stereocenters. The van der Waals surface area contributed by atoms with Crippen LogP contribution in [0.3, 0.4) is 0 Å². The Morgan fingerprint density at radius 2 is 1.76 bits per heavy atom. The van der Waals surface area contributed by atoms with E-state index in [4.69, 9.17) is 7.80 Å². The monoisotopic (exact) mass is 632 g/mol. The number of rotatable bonds is 8. The van der Waals surface area contributed by atoms with Crippen LogP contribution in [0.4, 0.5) is 0 Å². The molecule has 3 nitrogen and oxygen atoms in total. The molecule has 6 unspecified atom stereocenters. The van der Waals surface area contributed by atoms with Gasteiger partial charge in [0.2, 0.25) is 0 Å². The van der Waals surface area contributed by atoms with Crippen LogP contribution in [0, 0.1) is 46.3 Å². The Kier molecular flexibility index (Phi) is 8.58. The lowest BCUT2D eigenvalue weighted by molar-refractivity contribution is -0.0594. The molecule has 0 bridgehead atoms. The molecule has 1 aromatic rings. The molecule has 4 heteroatoms. The predicted octanol–water partition coefficient (Wildman–Crippen LogP) is 9.98. The summed E-state index contributed by atoms with van der Waals surface area (Å²) in [5.41, 5.74) is 3.00. The van der Waals surface area contributed by atoms with Gasteiger partial charge in [0.05, 0.1) is 5.56 Å². The van der Waals surface area contributed by atoms with Gasteiger partial charge < -0.3 is 7.80 Å². The maximum atomic E-state index is 12.8. The highest BCUT2D eigenvalue weighted by atomic mass is 127. The molecule has 0 heterocycles. The zero-order valence-electron chi connectivity index (χ0n) is 24.3. The summed E-state index contributed by atoms with van der Waals surface area (Å²) >= 11 is 1.85. The van der Waals surface area contributed by atoms with Crippen LogP contribution >= 0.6 is 23.0 Å². The summed E-state index contributed by atoms with van der Waals surface area (Å²) in [6, 6.07) is 7.24. The molecule has 0 aromatic heterocycles. The molecule has 0 saturated heterocycles. The molecule has 5 rings (SSSR count). The Bertz CT molecular complexity index is 1020. The van der Waals surface area contributed by atoms with Gasteiger partial charge in [-0.15, -0.1) is 0 Å². The fourth-order valence-corrected chi connectivity index (χ4v) is 9.91. The van der Waals surface area contributed by atoms with Crippen molar-refractivity contribution in [3.63, 3.8) is 0 Å². The van der Waals surface area contributed by atoms with E-state index in [1.807, 2.05) is 35.1 Å². The molecule has 0 spiro atoms. The molecule has 0 radical (unpaired) electrons. The van der Waals surface area contributed by atoms with Crippen molar-refractivity contribution in [1.82, 2.24) is 0 Å². The average molecular weight is 633 g/mol. The van der Waals surface area contributed by atoms with E-state index in [0.29, 0.717) is 11.0 Å². The van der Waals surface area contributed by atoms with Crippen molar-refractivity contribution >= 4 is 29.0 Å². The Hall–Kier alpha value is -1.04. The van der Waals surface area contributed by atoms with Crippen molar-refractivity contribution in [2.24, 2.45) is 46.3 Å². The summed E-state index contributed by atoms with van der Waals surface area (Å²) in [5.74, 6) is 5.66. The molecule has 1 aromatic carbocycles. The van der Waals surface area contributed by atoms with Crippen LogP contribution in [-0.2, 0) is 4.74 Å². The Labute approximate surface area is 245 Å². The van der Waals surface area contributed by atoms with E-state index in [1.165, 1.54) is 51.4 Å². The molecule has 0 amide bonds.